The van der Waals surface area contributed by atoms with Crippen LogP contribution in [0.3, 0.4) is 0 Å². The minimum absolute atomic E-state index is 0.306. The van der Waals surface area contributed by atoms with Crippen molar-refractivity contribution in [3.63, 3.8) is 0 Å². The molecule has 0 unspecified atom stereocenters. The van der Waals surface area contributed by atoms with Crippen LogP contribution in [0.2, 0.25) is 0 Å². The van der Waals surface area contributed by atoms with Crippen LogP contribution in [0.5, 0.6) is 0 Å². The largest absolute Gasteiger partial charge is 0.383 e. The molecule has 1 aromatic carbocycles. The molecule has 1 N–H and O–H groups in total. The number of piperidine rings is 1. The first-order chi connectivity index (χ1) is 10.4. The van der Waals surface area contributed by atoms with E-state index in [1.165, 1.54) is 5.56 Å². The van der Waals surface area contributed by atoms with E-state index in [9.17, 15) is 8.42 Å². The van der Waals surface area contributed by atoms with Crippen molar-refractivity contribution in [3.8, 4) is 0 Å². The van der Waals surface area contributed by atoms with Crippen molar-refractivity contribution in [1.29, 1.82) is 0 Å². The zero-order valence-corrected chi connectivity index (χ0v) is 14.1. The summed E-state index contributed by atoms with van der Waals surface area (Å²) in [4.78, 5) is 2.40. The molecule has 0 aromatic heterocycles. The molecule has 0 atom stereocenters. The summed E-state index contributed by atoms with van der Waals surface area (Å²) in [7, 11) is -2.27. The minimum Gasteiger partial charge on any atom is -0.383 e. The number of hydrogen-bond acceptors (Lipinski definition) is 4. The van der Waals surface area contributed by atoms with Crippen LogP contribution in [0.15, 0.2) is 18.2 Å². The Bertz CT molecular complexity index is 592. The van der Waals surface area contributed by atoms with Gasteiger partial charge in [-0.25, -0.2) is 0 Å². The number of ether oxygens (including phenoxy) is 1. The molecule has 124 valence electrons. The quantitative estimate of drug-likeness (QED) is 0.812. The SMILES string of the molecule is COCCN1CCC(c2cccc(CS(=O)(=O)O)c2C)CC1. The maximum absolute atomic E-state index is 11.1. The van der Waals surface area contributed by atoms with Crippen LogP contribution < -0.4 is 0 Å². The van der Waals surface area contributed by atoms with Crippen molar-refractivity contribution in [3.05, 3.63) is 34.9 Å². The van der Waals surface area contributed by atoms with Crippen LogP contribution in [0.4, 0.5) is 0 Å². The first-order valence-corrected chi connectivity index (χ1v) is 9.26. The van der Waals surface area contributed by atoms with E-state index in [1.807, 2.05) is 13.0 Å². The molecule has 0 radical (unpaired) electrons. The molecule has 0 saturated carbocycles. The van der Waals surface area contributed by atoms with E-state index in [2.05, 4.69) is 11.0 Å². The molecule has 0 spiro atoms. The summed E-state index contributed by atoms with van der Waals surface area (Å²) in [6.45, 7) is 5.75. The van der Waals surface area contributed by atoms with Gasteiger partial charge in [0.15, 0.2) is 0 Å². The second-order valence-corrected chi connectivity index (χ2v) is 7.42. The molecule has 1 heterocycles. The van der Waals surface area contributed by atoms with Crippen LogP contribution >= 0.6 is 0 Å². The number of rotatable bonds is 6. The minimum atomic E-state index is -3.99. The third-order valence-electron chi connectivity index (χ3n) is 4.46. The molecule has 22 heavy (non-hydrogen) atoms. The second-order valence-electron chi connectivity index (χ2n) is 5.97. The Labute approximate surface area is 133 Å². The summed E-state index contributed by atoms with van der Waals surface area (Å²) in [5.74, 6) is 0.152. The van der Waals surface area contributed by atoms with Gasteiger partial charge in [0.25, 0.3) is 10.1 Å². The van der Waals surface area contributed by atoms with E-state index in [1.54, 1.807) is 13.2 Å². The Kier molecular flexibility index (Phi) is 5.97. The third kappa shape index (κ3) is 4.78. The highest BCUT2D eigenvalue weighted by Crippen LogP contribution is 2.31. The maximum Gasteiger partial charge on any atom is 0.269 e. The predicted octanol–water partition coefficient (Wildman–Crippen LogP) is 2.21. The molecule has 5 nitrogen and oxygen atoms in total. The summed E-state index contributed by atoms with van der Waals surface area (Å²) >= 11 is 0. The van der Waals surface area contributed by atoms with E-state index in [0.29, 0.717) is 11.5 Å². The number of nitrogens with zero attached hydrogens (tertiary/aromatic N) is 1. The molecule has 2 rings (SSSR count). The maximum atomic E-state index is 11.1. The average Bonchev–Trinajstić information content (AvgIpc) is 2.47. The van der Waals surface area contributed by atoms with Crippen molar-refractivity contribution in [2.24, 2.45) is 0 Å². The normalized spacial score (nSPS) is 17.8. The molecule has 1 saturated heterocycles. The van der Waals surface area contributed by atoms with Crippen LogP contribution in [0.25, 0.3) is 0 Å². The van der Waals surface area contributed by atoms with Crippen molar-refractivity contribution in [2.75, 3.05) is 33.4 Å². The van der Waals surface area contributed by atoms with Gasteiger partial charge in [-0.1, -0.05) is 18.2 Å². The summed E-state index contributed by atoms with van der Waals surface area (Å²) in [5, 5.41) is 0. The van der Waals surface area contributed by atoms with Gasteiger partial charge in [-0.3, -0.25) is 4.55 Å². The molecule has 1 fully saturated rings. The summed E-state index contributed by atoms with van der Waals surface area (Å²) in [5.41, 5.74) is 2.91. The van der Waals surface area contributed by atoms with Gasteiger partial charge in [-0.2, -0.15) is 8.42 Å². The highest BCUT2D eigenvalue weighted by atomic mass is 32.2. The fraction of sp³-hybridized carbons (Fsp3) is 0.625. The van der Waals surface area contributed by atoms with E-state index in [0.717, 1.165) is 44.6 Å². The molecular formula is C16H25NO4S. The highest BCUT2D eigenvalue weighted by molar-refractivity contribution is 7.85. The first kappa shape index (κ1) is 17.4. The van der Waals surface area contributed by atoms with E-state index >= 15 is 0 Å². The second kappa shape index (κ2) is 7.55. The van der Waals surface area contributed by atoms with Gasteiger partial charge >= 0.3 is 0 Å². The average molecular weight is 327 g/mol. The van der Waals surface area contributed by atoms with Crippen molar-refractivity contribution < 1.29 is 17.7 Å². The molecule has 1 aromatic rings. The summed E-state index contributed by atoms with van der Waals surface area (Å²) < 4.78 is 36.4. The molecule has 0 aliphatic carbocycles. The Balaban J connectivity index is 2.06. The lowest BCUT2D eigenvalue weighted by atomic mass is 9.85. The Morgan fingerprint density at radius 1 is 1.32 bits per heavy atom. The summed E-state index contributed by atoms with van der Waals surface area (Å²) in [6, 6.07) is 5.75. The Morgan fingerprint density at radius 3 is 2.59 bits per heavy atom. The predicted molar refractivity (Wildman–Crippen MR) is 86.7 cm³/mol. The van der Waals surface area contributed by atoms with Crippen LogP contribution in [-0.2, 0) is 20.6 Å². The Hall–Kier alpha value is -0.950. The summed E-state index contributed by atoms with van der Waals surface area (Å²) in [6.07, 6.45) is 2.14. The van der Waals surface area contributed by atoms with Crippen LogP contribution in [-0.4, -0.2) is 51.2 Å². The molecule has 1 aliphatic rings. The number of likely N-dealkylation sites (tertiary alicyclic amines) is 1. The van der Waals surface area contributed by atoms with Gasteiger partial charge in [0, 0.05) is 13.7 Å². The fourth-order valence-electron chi connectivity index (χ4n) is 3.19. The van der Waals surface area contributed by atoms with Crippen molar-refractivity contribution in [1.82, 2.24) is 4.90 Å². The molecule has 0 amide bonds. The van der Waals surface area contributed by atoms with Gasteiger partial charge in [0.1, 0.15) is 5.75 Å². The lowest BCUT2D eigenvalue weighted by Crippen LogP contribution is -2.35. The molecule has 0 bridgehead atoms. The van der Waals surface area contributed by atoms with Crippen LogP contribution in [0, 0.1) is 6.92 Å². The zero-order chi connectivity index (χ0) is 16.2. The monoisotopic (exact) mass is 327 g/mol. The van der Waals surface area contributed by atoms with Crippen molar-refractivity contribution >= 4 is 10.1 Å². The first-order valence-electron chi connectivity index (χ1n) is 7.65. The third-order valence-corrected chi connectivity index (χ3v) is 5.14. The molecule has 1 aliphatic heterocycles. The van der Waals surface area contributed by atoms with Gasteiger partial charge in [0.2, 0.25) is 0 Å². The van der Waals surface area contributed by atoms with E-state index in [4.69, 9.17) is 9.29 Å². The smallest absolute Gasteiger partial charge is 0.269 e. The van der Waals surface area contributed by atoms with Gasteiger partial charge in [-0.05, 0) is 55.5 Å². The lowest BCUT2D eigenvalue weighted by Gasteiger charge is -2.32. The van der Waals surface area contributed by atoms with E-state index in [-0.39, 0.29) is 5.75 Å². The highest BCUT2D eigenvalue weighted by Gasteiger charge is 2.22. The number of benzene rings is 1. The van der Waals surface area contributed by atoms with Gasteiger partial charge in [-0.15, -0.1) is 0 Å². The lowest BCUT2D eigenvalue weighted by molar-refractivity contribution is 0.130. The number of methoxy groups -OCH3 is 1. The zero-order valence-electron chi connectivity index (χ0n) is 13.3. The molecule has 6 heteroatoms. The van der Waals surface area contributed by atoms with E-state index < -0.39 is 10.1 Å². The van der Waals surface area contributed by atoms with Gasteiger partial charge < -0.3 is 9.64 Å². The fourth-order valence-corrected chi connectivity index (χ4v) is 3.89. The topological polar surface area (TPSA) is 66.8 Å². The standard InChI is InChI=1S/C16H25NO4S/c1-13-15(12-22(18,19)20)4-3-5-16(13)14-6-8-17(9-7-14)10-11-21-2/h3-5,14H,6-12H2,1-2H3,(H,18,19,20). The molecular weight excluding hydrogens is 302 g/mol. The number of hydrogen-bond donors (Lipinski definition) is 1. The Morgan fingerprint density at radius 2 is 2.00 bits per heavy atom. The van der Waals surface area contributed by atoms with Crippen LogP contribution in [0.1, 0.15) is 35.4 Å². The van der Waals surface area contributed by atoms with Gasteiger partial charge in [0.05, 0.1) is 6.61 Å². The van der Waals surface area contributed by atoms with Crippen molar-refractivity contribution in [2.45, 2.75) is 31.4 Å².